The minimum atomic E-state index is -3.51. The summed E-state index contributed by atoms with van der Waals surface area (Å²) in [6.45, 7) is 6.84. The van der Waals surface area contributed by atoms with Crippen LogP contribution in [0.25, 0.3) is 0 Å². The van der Waals surface area contributed by atoms with Crippen LogP contribution in [0.1, 0.15) is 18.1 Å². The first-order chi connectivity index (χ1) is 10.2. The van der Waals surface area contributed by atoms with Gasteiger partial charge in [0.15, 0.2) is 0 Å². The fraction of sp³-hybridized carbons (Fsp3) is 0.533. The van der Waals surface area contributed by atoms with Crippen molar-refractivity contribution in [3.05, 3.63) is 29.3 Å². The molecule has 1 fully saturated rings. The van der Waals surface area contributed by atoms with Crippen molar-refractivity contribution in [3.8, 4) is 0 Å². The maximum Gasteiger partial charge on any atom is 0.243 e. The highest BCUT2D eigenvalue weighted by atomic mass is 32.2. The first-order valence-electron chi connectivity index (χ1n) is 7.35. The Morgan fingerprint density at radius 1 is 1.14 bits per heavy atom. The quantitative estimate of drug-likeness (QED) is 0.876. The van der Waals surface area contributed by atoms with Crippen LogP contribution in [0, 0.1) is 13.8 Å². The number of carbonyl (C=O) groups excluding carboxylic acids is 1. The molecular formula is C15H23N3O3S. The summed E-state index contributed by atoms with van der Waals surface area (Å²) in [5.41, 5.74) is 7.60. The van der Waals surface area contributed by atoms with Gasteiger partial charge < -0.3 is 10.6 Å². The van der Waals surface area contributed by atoms with E-state index >= 15 is 0 Å². The van der Waals surface area contributed by atoms with Crippen molar-refractivity contribution in [2.45, 2.75) is 31.7 Å². The van der Waals surface area contributed by atoms with Crippen LogP contribution in [-0.2, 0) is 14.8 Å². The zero-order valence-corrected chi connectivity index (χ0v) is 14.1. The van der Waals surface area contributed by atoms with Gasteiger partial charge >= 0.3 is 0 Å². The number of nitrogens with two attached hydrogens (primary N) is 1. The Balaban J connectivity index is 2.12. The Kier molecular flexibility index (Phi) is 4.89. The van der Waals surface area contributed by atoms with Crippen LogP contribution in [0.2, 0.25) is 0 Å². The number of carbonyl (C=O) groups is 1. The molecule has 6 nitrogen and oxygen atoms in total. The van der Waals surface area contributed by atoms with Gasteiger partial charge in [-0.1, -0.05) is 6.07 Å². The van der Waals surface area contributed by atoms with E-state index in [9.17, 15) is 13.2 Å². The summed E-state index contributed by atoms with van der Waals surface area (Å²) < 4.78 is 26.8. The second kappa shape index (κ2) is 6.36. The molecule has 1 unspecified atom stereocenters. The minimum absolute atomic E-state index is 0.136. The van der Waals surface area contributed by atoms with E-state index < -0.39 is 16.1 Å². The van der Waals surface area contributed by atoms with Crippen LogP contribution in [0.3, 0.4) is 0 Å². The number of hydrogen-bond donors (Lipinski definition) is 1. The molecule has 1 heterocycles. The third kappa shape index (κ3) is 3.31. The van der Waals surface area contributed by atoms with E-state index in [0.29, 0.717) is 31.1 Å². The summed E-state index contributed by atoms with van der Waals surface area (Å²) in [6, 6.07) is 4.60. The summed E-state index contributed by atoms with van der Waals surface area (Å²) in [7, 11) is -3.51. The lowest BCUT2D eigenvalue weighted by molar-refractivity contribution is -0.133. The van der Waals surface area contributed by atoms with Gasteiger partial charge in [-0.3, -0.25) is 4.79 Å². The molecule has 0 saturated carbocycles. The molecule has 0 aliphatic carbocycles. The lowest BCUT2D eigenvalue weighted by Gasteiger charge is -2.34. The highest BCUT2D eigenvalue weighted by Crippen LogP contribution is 2.20. The van der Waals surface area contributed by atoms with Crippen LogP contribution >= 0.6 is 0 Å². The lowest BCUT2D eigenvalue weighted by Crippen LogP contribution is -2.53. The number of aryl methyl sites for hydroxylation is 2. The standard InChI is InChI=1S/C15H23N3O3S/c1-11-4-5-14(10-12(11)2)22(20,21)18-8-6-17(7-9-18)15(19)13(3)16/h4-5,10,13H,6-9,16H2,1-3H3. The van der Waals surface area contributed by atoms with Crippen molar-refractivity contribution >= 4 is 15.9 Å². The monoisotopic (exact) mass is 325 g/mol. The second-order valence-electron chi connectivity index (χ2n) is 5.76. The lowest BCUT2D eigenvalue weighted by atomic mass is 10.1. The largest absolute Gasteiger partial charge is 0.339 e. The van der Waals surface area contributed by atoms with Crippen molar-refractivity contribution in [1.82, 2.24) is 9.21 Å². The number of hydrogen-bond acceptors (Lipinski definition) is 4. The fourth-order valence-corrected chi connectivity index (χ4v) is 3.97. The van der Waals surface area contributed by atoms with Gasteiger partial charge in [-0.25, -0.2) is 8.42 Å². The first-order valence-corrected chi connectivity index (χ1v) is 8.79. The number of piperazine rings is 1. The van der Waals surface area contributed by atoms with Gasteiger partial charge in [0.1, 0.15) is 0 Å². The number of nitrogens with zero attached hydrogens (tertiary/aromatic N) is 2. The Labute approximate surface area is 131 Å². The topological polar surface area (TPSA) is 83.7 Å². The zero-order valence-electron chi connectivity index (χ0n) is 13.2. The van der Waals surface area contributed by atoms with Crippen molar-refractivity contribution in [3.63, 3.8) is 0 Å². The molecule has 1 aliphatic rings. The first kappa shape index (κ1) is 16.9. The van der Waals surface area contributed by atoms with Crippen molar-refractivity contribution in [2.24, 2.45) is 5.73 Å². The van der Waals surface area contributed by atoms with Gasteiger partial charge in [0.05, 0.1) is 10.9 Å². The Morgan fingerprint density at radius 2 is 1.73 bits per heavy atom. The van der Waals surface area contributed by atoms with Gasteiger partial charge in [-0.2, -0.15) is 4.31 Å². The van der Waals surface area contributed by atoms with Crippen LogP contribution < -0.4 is 5.73 Å². The molecule has 2 N–H and O–H groups in total. The summed E-state index contributed by atoms with van der Waals surface area (Å²) in [4.78, 5) is 13.8. The molecule has 1 aromatic rings. The fourth-order valence-electron chi connectivity index (χ4n) is 2.46. The Morgan fingerprint density at radius 3 is 2.23 bits per heavy atom. The third-order valence-electron chi connectivity index (χ3n) is 4.06. The summed E-state index contributed by atoms with van der Waals surface area (Å²) in [5, 5.41) is 0. The van der Waals surface area contributed by atoms with Gasteiger partial charge in [-0.15, -0.1) is 0 Å². The smallest absolute Gasteiger partial charge is 0.243 e. The highest BCUT2D eigenvalue weighted by molar-refractivity contribution is 7.89. The molecule has 22 heavy (non-hydrogen) atoms. The number of benzene rings is 1. The molecule has 1 atom stereocenters. The summed E-state index contributed by atoms with van der Waals surface area (Å²) in [6.07, 6.45) is 0. The van der Waals surface area contributed by atoms with E-state index in [2.05, 4.69) is 0 Å². The molecule has 0 radical (unpaired) electrons. The van der Waals surface area contributed by atoms with Gasteiger partial charge in [0, 0.05) is 26.2 Å². The molecule has 7 heteroatoms. The molecule has 122 valence electrons. The zero-order chi connectivity index (χ0) is 16.5. The molecule has 2 rings (SSSR count). The van der Waals surface area contributed by atoms with Crippen molar-refractivity contribution in [2.75, 3.05) is 26.2 Å². The highest BCUT2D eigenvalue weighted by Gasteiger charge is 2.30. The SMILES string of the molecule is Cc1ccc(S(=O)(=O)N2CCN(C(=O)C(C)N)CC2)cc1C. The molecule has 0 aromatic heterocycles. The molecule has 0 spiro atoms. The number of rotatable bonds is 3. The number of sulfonamides is 1. The van der Waals surface area contributed by atoms with E-state index in [1.165, 1.54) is 4.31 Å². The molecule has 1 aliphatic heterocycles. The van der Waals surface area contributed by atoms with E-state index in [4.69, 9.17) is 5.73 Å². The van der Waals surface area contributed by atoms with Crippen molar-refractivity contribution in [1.29, 1.82) is 0 Å². The third-order valence-corrected chi connectivity index (χ3v) is 5.95. The van der Waals surface area contributed by atoms with Crippen LogP contribution in [-0.4, -0.2) is 55.8 Å². The van der Waals surface area contributed by atoms with Crippen LogP contribution in [0.15, 0.2) is 23.1 Å². The van der Waals surface area contributed by atoms with Crippen LogP contribution in [0.4, 0.5) is 0 Å². The average molecular weight is 325 g/mol. The van der Waals surface area contributed by atoms with Gasteiger partial charge in [0.2, 0.25) is 15.9 Å². The molecule has 0 bridgehead atoms. The average Bonchev–Trinajstić information content (AvgIpc) is 2.49. The minimum Gasteiger partial charge on any atom is -0.339 e. The maximum absolute atomic E-state index is 12.7. The van der Waals surface area contributed by atoms with E-state index in [0.717, 1.165) is 11.1 Å². The van der Waals surface area contributed by atoms with Crippen molar-refractivity contribution < 1.29 is 13.2 Å². The van der Waals surface area contributed by atoms with Gasteiger partial charge in [-0.05, 0) is 44.0 Å². The van der Waals surface area contributed by atoms with Gasteiger partial charge in [0.25, 0.3) is 0 Å². The summed E-state index contributed by atoms with van der Waals surface area (Å²) >= 11 is 0. The Bertz CT molecular complexity index is 663. The predicted octanol–water partition coefficient (Wildman–Crippen LogP) is 0.484. The van der Waals surface area contributed by atoms with E-state index in [1.807, 2.05) is 19.9 Å². The molecule has 1 aromatic carbocycles. The number of amides is 1. The normalized spacial score (nSPS) is 18.3. The predicted molar refractivity (Wildman–Crippen MR) is 84.9 cm³/mol. The van der Waals surface area contributed by atoms with E-state index in [1.54, 1.807) is 24.0 Å². The maximum atomic E-state index is 12.7. The van der Waals surface area contributed by atoms with Crippen LogP contribution in [0.5, 0.6) is 0 Å². The Hall–Kier alpha value is -1.44. The van der Waals surface area contributed by atoms with E-state index in [-0.39, 0.29) is 5.91 Å². The molecular weight excluding hydrogens is 302 g/mol. The molecule has 1 amide bonds. The summed E-state index contributed by atoms with van der Waals surface area (Å²) in [5.74, 6) is -0.136. The second-order valence-corrected chi connectivity index (χ2v) is 7.70. The molecule has 1 saturated heterocycles.